The van der Waals surface area contributed by atoms with Crippen LogP contribution in [0.5, 0.6) is 0 Å². The highest BCUT2D eigenvalue weighted by molar-refractivity contribution is 5.94. The Labute approximate surface area is 143 Å². The maximum Gasteiger partial charge on any atom is 0.253 e. The predicted octanol–water partition coefficient (Wildman–Crippen LogP) is 3.70. The zero-order valence-corrected chi connectivity index (χ0v) is 14.2. The Kier molecular flexibility index (Phi) is 3.79. The van der Waals surface area contributed by atoms with Crippen molar-refractivity contribution in [3.8, 4) is 0 Å². The lowest BCUT2D eigenvalue weighted by Gasteiger charge is -2.40. The van der Waals surface area contributed by atoms with E-state index in [9.17, 15) is 4.79 Å². The molecule has 3 nitrogen and oxygen atoms in total. The number of likely N-dealkylation sites (tertiary alicyclic amines) is 1. The van der Waals surface area contributed by atoms with E-state index in [0.29, 0.717) is 0 Å². The molecule has 0 aliphatic carbocycles. The summed E-state index contributed by atoms with van der Waals surface area (Å²) >= 11 is 0. The molecule has 0 saturated carbocycles. The van der Waals surface area contributed by atoms with Crippen molar-refractivity contribution in [3.05, 3.63) is 65.7 Å². The lowest BCUT2D eigenvalue weighted by Crippen LogP contribution is -2.47. The number of amides is 1. The highest BCUT2D eigenvalue weighted by Crippen LogP contribution is 2.46. The zero-order valence-electron chi connectivity index (χ0n) is 14.2. The Morgan fingerprint density at radius 1 is 1.00 bits per heavy atom. The molecule has 0 bridgehead atoms. The maximum atomic E-state index is 12.7. The van der Waals surface area contributed by atoms with Crippen LogP contribution < -0.4 is 4.90 Å². The van der Waals surface area contributed by atoms with Gasteiger partial charge in [-0.2, -0.15) is 0 Å². The standard InChI is InChI=1S/C21H24N2O/c1-2-22-16-21(18-10-6-7-11-19(18)22)12-14-23(15-13-21)20(24)17-8-4-3-5-9-17/h3-11H,2,12-16H2,1H3. The van der Waals surface area contributed by atoms with Gasteiger partial charge in [-0.25, -0.2) is 0 Å². The van der Waals surface area contributed by atoms with Crippen molar-refractivity contribution in [1.29, 1.82) is 0 Å². The lowest BCUT2D eigenvalue weighted by molar-refractivity contribution is 0.0674. The number of hydrogen-bond donors (Lipinski definition) is 0. The van der Waals surface area contributed by atoms with Crippen molar-refractivity contribution in [1.82, 2.24) is 4.90 Å². The molecule has 1 fully saturated rings. The first-order chi connectivity index (χ1) is 11.7. The Morgan fingerprint density at radius 3 is 2.38 bits per heavy atom. The monoisotopic (exact) mass is 320 g/mol. The van der Waals surface area contributed by atoms with E-state index in [1.807, 2.05) is 35.2 Å². The highest BCUT2D eigenvalue weighted by atomic mass is 16.2. The Hall–Kier alpha value is -2.29. The molecular weight excluding hydrogens is 296 g/mol. The molecule has 1 amide bonds. The van der Waals surface area contributed by atoms with Crippen LogP contribution in [-0.2, 0) is 5.41 Å². The minimum absolute atomic E-state index is 0.170. The van der Waals surface area contributed by atoms with E-state index in [1.165, 1.54) is 11.3 Å². The van der Waals surface area contributed by atoms with Gasteiger partial charge in [-0.3, -0.25) is 4.79 Å². The Bertz CT molecular complexity index is 733. The van der Waals surface area contributed by atoms with Crippen molar-refractivity contribution >= 4 is 11.6 Å². The quantitative estimate of drug-likeness (QED) is 0.842. The average molecular weight is 320 g/mol. The first kappa shape index (κ1) is 15.3. The number of anilines is 1. The van der Waals surface area contributed by atoms with Crippen molar-refractivity contribution in [3.63, 3.8) is 0 Å². The highest BCUT2D eigenvalue weighted by Gasteiger charge is 2.44. The van der Waals surface area contributed by atoms with Gasteiger partial charge >= 0.3 is 0 Å². The van der Waals surface area contributed by atoms with Crippen LogP contribution in [0.2, 0.25) is 0 Å². The Morgan fingerprint density at radius 2 is 1.67 bits per heavy atom. The third kappa shape index (κ3) is 2.39. The van der Waals surface area contributed by atoms with Gasteiger partial charge in [-0.15, -0.1) is 0 Å². The molecule has 2 aromatic carbocycles. The van der Waals surface area contributed by atoms with Crippen LogP contribution in [0, 0.1) is 0 Å². The fourth-order valence-electron chi connectivity index (χ4n) is 4.34. The molecular formula is C21H24N2O. The first-order valence-corrected chi connectivity index (χ1v) is 8.92. The number of carbonyl (C=O) groups excluding carboxylic acids is 1. The summed E-state index contributed by atoms with van der Waals surface area (Å²) in [5.41, 5.74) is 3.90. The normalized spacial score (nSPS) is 18.7. The number of para-hydroxylation sites is 1. The number of hydrogen-bond acceptors (Lipinski definition) is 2. The van der Waals surface area contributed by atoms with Gasteiger partial charge in [-0.05, 0) is 43.5 Å². The van der Waals surface area contributed by atoms with Gasteiger partial charge in [0.15, 0.2) is 0 Å². The van der Waals surface area contributed by atoms with Gasteiger partial charge < -0.3 is 9.80 Å². The first-order valence-electron chi connectivity index (χ1n) is 8.92. The maximum absolute atomic E-state index is 12.7. The number of piperidine rings is 1. The van der Waals surface area contributed by atoms with E-state index in [1.54, 1.807) is 0 Å². The van der Waals surface area contributed by atoms with Crippen LogP contribution in [0.15, 0.2) is 54.6 Å². The van der Waals surface area contributed by atoms with E-state index < -0.39 is 0 Å². The Balaban J connectivity index is 1.53. The molecule has 3 heteroatoms. The van der Waals surface area contributed by atoms with Crippen LogP contribution in [-0.4, -0.2) is 37.0 Å². The molecule has 1 spiro atoms. The van der Waals surface area contributed by atoms with Crippen LogP contribution in [0.25, 0.3) is 0 Å². The largest absolute Gasteiger partial charge is 0.371 e. The van der Waals surface area contributed by atoms with Crippen LogP contribution in [0.1, 0.15) is 35.7 Å². The third-order valence-electron chi connectivity index (χ3n) is 5.72. The molecule has 4 rings (SSSR count). The molecule has 2 heterocycles. The molecule has 24 heavy (non-hydrogen) atoms. The zero-order chi connectivity index (χ0) is 16.6. The molecule has 0 aromatic heterocycles. The number of carbonyl (C=O) groups is 1. The molecule has 2 aromatic rings. The second-order valence-corrected chi connectivity index (χ2v) is 6.97. The summed E-state index contributed by atoms with van der Waals surface area (Å²) in [5.74, 6) is 0.170. The van der Waals surface area contributed by atoms with Crippen LogP contribution >= 0.6 is 0 Å². The van der Waals surface area contributed by atoms with E-state index in [2.05, 4.69) is 36.1 Å². The summed E-state index contributed by atoms with van der Waals surface area (Å²) in [6.07, 6.45) is 2.11. The van der Waals surface area contributed by atoms with Gasteiger partial charge in [0.25, 0.3) is 5.91 Å². The third-order valence-corrected chi connectivity index (χ3v) is 5.72. The van der Waals surface area contributed by atoms with Crippen molar-refractivity contribution in [2.45, 2.75) is 25.2 Å². The average Bonchev–Trinajstić information content (AvgIpc) is 2.96. The fourth-order valence-corrected chi connectivity index (χ4v) is 4.34. The molecule has 124 valence electrons. The second-order valence-electron chi connectivity index (χ2n) is 6.97. The van der Waals surface area contributed by atoms with Gasteiger partial charge in [0.05, 0.1) is 0 Å². The number of fused-ring (bicyclic) bond motifs is 2. The minimum atomic E-state index is 0.170. The molecule has 2 aliphatic rings. The number of nitrogens with zero attached hydrogens (tertiary/aromatic N) is 2. The summed E-state index contributed by atoms with van der Waals surface area (Å²) in [6, 6.07) is 18.5. The van der Waals surface area contributed by atoms with E-state index in [-0.39, 0.29) is 11.3 Å². The molecule has 0 radical (unpaired) electrons. The van der Waals surface area contributed by atoms with Gasteiger partial charge in [-0.1, -0.05) is 36.4 Å². The molecule has 2 aliphatic heterocycles. The smallest absolute Gasteiger partial charge is 0.253 e. The number of likely N-dealkylation sites (N-methyl/N-ethyl adjacent to an activating group) is 1. The van der Waals surface area contributed by atoms with Gasteiger partial charge in [0, 0.05) is 42.8 Å². The van der Waals surface area contributed by atoms with E-state index in [0.717, 1.165) is 44.6 Å². The minimum Gasteiger partial charge on any atom is -0.371 e. The topological polar surface area (TPSA) is 23.6 Å². The number of rotatable bonds is 2. The van der Waals surface area contributed by atoms with Gasteiger partial charge in [0.1, 0.15) is 0 Å². The number of benzene rings is 2. The second kappa shape index (κ2) is 5.97. The molecule has 1 saturated heterocycles. The van der Waals surface area contributed by atoms with Crippen LogP contribution in [0.3, 0.4) is 0 Å². The van der Waals surface area contributed by atoms with Gasteiger partial charge in [0.2, 0.25) is 0 Å². The molecule has 0 atom stereocenters. The summed E-state index contributed by atoms with van der Waals surface area (Å²) in [7, 11) is 0. The lowest BCUT2D eigenvalue weighted by atomic mass is 9.74. The summed E-state index contributed by atoms with van der Waals surface area (Å²) < 4.78 is 0. The van der Waals surface area contributed by atoms with E-state index >= 15 is 0 Å². The summed E-state index contributed by atoms with van der Waals surface area (Å²) in [4.78, 5) is 17.2. The van der Waals surface area contributed by atoms with Crippen molar-refractivity contribution in [2.24, 2.45) is 0 Å². The summed E-state index contributed by atoms with van der Waals surface area (Å²) in [5, 5.41) is 0. The SMILES string of the molecule is CCN1CC2(CCN(C(=O)c3ccccc3)CC2)c2ccccc21. The summed E-state index contributed by atoms with van der Waals surface area (Å²) in [6.45, 7) is 6.06. The fraction of sp³-hybridized carbons (Fsp3) is 0.381. The van der Waals surface area contributed by atoms with Crippen molar-refractivity contribution < 1.29 is 4.79 Å². The predicted molar refractivity (Wildman–Crippen MR) is 97.6 cm³/mol. The van der Waals surface area contributed by atoms with E-state index in [4.69, 9.17) is 0 Å². The van der Waals surface area contributed by atoms with Crippen molar-refractivity contribution in [2.75, 3.05) is 31.1 Å². The molecule has 0 unspecified atom stereocenters. The van der Waals surface area contributed by atoms with Crippen LogP contribution in [0.4, 0.5) is 5.69 Å². The molecule has 0 N–H and O–H groups in total.